The van der Waals surface area contributed by atoms with Gasteiger partial charge in [0.2, 0.25) is 5.91 Å². The second-order valence-corrected chi connectivity index (χ2v) is 10.2. The molecule has 0 radical (unpaired) electrons. The Bertz CT molecular complexity index is 1010. The highest BCUT2D eigenvalue weighted by molar-refractivity contribution is 5.94. The predicted octanol–water partition coefficient (Wildman–Crippen LogP) is 3.52. The zero-order valence-electron chi connectivity index (χ0n) is 22.7. The van der Waals surface area contributed by atoms with Crippen LogP contribution in [-0.4, -0.2) is 61.4 Å². The molecule has 1 saturated heterocycles. The van der Waals surface area contributed by atoms with Crippen molar-refractivity contribution in [3.8, 4) is 11.1 Å². The van der Waals surface area contributed by atoms with E-state index in [1.807, 2.05) is 54.3 Å². The number of nitrogens with two attached hydrogens (primary N) is 2. The lowest BCUT2D eigenvalue weighted by Crippen LogP contribution is -2.42. The summed E-state index contributed by atoms with van der Waals surface area (Å²) in [6, 6.07) is 18.0. The van der Waals surface area contributed by atoms with Gasteiger partial charge in [-0.1, -0.05) is 68.7 Å². The second-order valence-electron chi connectivity index (χ2n) is 10.2. The van der Waals surface area contributed by atoms with Crippen molar-refractivity contribution in [1.29, 1.82) is 0 Å². The molecule has 1 atom stereocenters. The molecule has 38 heavy (non-hydrogen) atoms. The van der Waals surface area contributed by atoms with Gasteiger partial charge in [-0.3, -0.25) is 14.6 Å². The third-order valence-corrected chi connectivity index (χ3v) is 7.13. The summed E-state index contributed by atoms with van der Waals surface area (Å²) in [6.07, 6.45) is 8.30. The smallest absolute Gasteiger partial charge is 0.251 e. The molecule has 2 aliphatic rings. The van der Waals surface area contributed by atoms with E-state index in [4.69, 9.17) is 11.5 Å². The van der Waals surface area contributed by atoms with Crippen molar-refractivity contribution in [2.75, 3.05) is 32.7 Å². The van der Waals surface area contributed by atoms with Gasteiger partial charge < -0.3 is 27.0 Å². The Balaban J connectivity index is 0.000000505. The van der Waals surface area contributed by atoms with E-state index < -0.39 is 0 Å². The maximum Gasteiger partial charge on any atom is 0.251 e. The molecule has 1 aliphatic carbocycles. The summed E-state index contributed by atoms with van der Waals surface area (Å²) in [5, 5.41) is 6.37. The standard InChI is InChI=1S/C26H33N3O2.C4H11N3/c30-25-18-27-24(15-16-29(25)19-20-7-3-1-4-8-20)17-28-26(31)23-13-11-22(12-14-23)21-9-5-2-6-10-21;1-2-3-7-4(5)6/h2,5-6,9-14,20,24,27H,1,3-4,7-8,15-19H2,(H,28,31);2-3H2,1H3,(H4,5,6,7). The largest absolute Gasteiger partial charge is 0.370 e. The number of carbonyl (C=O) groups excluding carboxylic acids is 2. The van der Waals surface area contributed by atoms with Gasteiger partial charge in [0, 0.05) is 37.8 Å². The zero-order chi connectivity index (χ0) is 27.2. The van der Waals surface area contributed by atoms with E-state index >= 15 is 0 Å². The van der Waals surface area contributed by atoms with E-state index in [9.17, 15) is 9.59 Å². The molecule has 8 heteroatoms. The van der Waals surface area contributed by atoms with Gasteiger partial charge in [0.05, 0.1) is 6.54 Å². The minimum atomic E-state index is -0.0731. The highest BCUT2D eigenvalue weighted by Gasteiger charge is 2.25. The lowest BCUT2D eigenvalue weighted by molar-refractivity contribution is -0.130. The molecule has 2 fully saturated rings. The van der Waals surface area contributed by atoms with Crippen LogP contribution in [0.15, 0.2) is 59.6 Å². The normalized spacial score (nSPS) is 18.1. The van der Waals surface area contributed by atoms with Crippen LogP contribution in [0.25, 0.3) is 11.1 Å². The Hall–Kier alpha value is -3.39. The van der Waals surface area contributed by atoms with Crippen molar-refractivity contribution < 1.29 is 9.59 Å². The SMILES string of the molecule is CCCN=C(N)N.O=C(NCC1CCN(CC2CCCCC2)C(=O)CN1)c1ccc(-c2ccccc2)cc1. The van der Waals surface area contributed by atoms with Gasteiger partial charge in [-0.25, -0.2) is 0 Å². The van der Waals surface area contributed by atoms with Gasteiger partial charge in [-0.2, -0.15) is 0 Å². The maximum absolute atomic E-state index is 12.6. The molecular weight excluding hydrogens is 476 g/mol. The Morgan fingerprint density at radius 1 is 1.00 bits per heavy atom. The zero-order valence-corrected chi connectivity index (χ0v) is 22.7. The van der Waals surface area contributed by atoms with Gasteiger partial charge >= 0.3 is 0 Å². The number of aliphatic imine (C=N–C) groups is 1. The molecule has 1 unspecified atom stereocenters. The quantitative estimate of drug-likeness (QED) is 0.313. The van der Waals surface area contributed by atoms with Crippen LogP contribution in [0.2, 0.25) is 0 Å². The van der Waals surface area contributed by atoms with E-state index in [1.165, 1.54) is 32.1 Å². The van der Waals surface area contributed by atoms with Gasteiger partial charge in [-0.05, 0) is 54.9 Å². The highest BCUT2D eigenvalue weighted by Crippen LogP contribution is 2.25. The first-order valence-corrected chi connectivity index (χ1v) is 14.0. The van der Waals surface area contributed by atoms with Crippen molar-refractivity contribution in [2.45, 2.75) is 57.9 Å². The third kappa shape index (κ3) is 9.82. The number of carbonyl (C=O) groups is 2. The fourth-order valence-electron chi connectivity index (χ4n) is 4.93. The average Bonchev–Trinajstić information content (AvgIpc) is 3.13. The van der Waals surface area contributed by atoms with Crippen molar-refractivity contribution >= 4 is 17.8 Å². The number of hydrogen-bond acceptors (Lipinski definition) is 4. The molecule has 1 heterocycles. The van der Waals surface area contributed by atoms with Gasteiger partial charge in [0.25, 0.3) is 5.91 Å². The van der Waals surface area contributed by atoms with E-state index in [1.54, 1.807) is 0 Å². The Morgan fingerprint density at radius 2 is 1.68 bits per heavy atom. The summed E-state index contributed by atoms with van der Waals surface area (Å²) in [7, 11) is 0. The molecule has 206 valence electrons. The van der Waals surface area contributed by atoms with Crippen LogP contribution in [0.1, 0.15) is 62.2 Å². The molecule has 2 amide bonds. The second kappa shape index (κ2) is 15.8. The van der Waals surface area contributed by atoms with Crippen LogP contribution in [0, 0.1) is 5.92 Å². The van der Waals surface area contributed by atoms with Crippen LogP contribution in [-0.2, 0) is 4.79 Å². The van der Waals surface area contributed by atoms with Crippen LogP contribution in [0.4, 0.5) is 0 Å². The molecule has 2 aromatic carbocycles. The van der Waals surface area contributed by atoms with Crippen molar-refractivity contribution in [2.24, 2.45) is 22.4 Å². The molecule has 1 saturated carbocycles. The maximum atomic E-state index is 12.6. The number of rotatable bonds is 8. The topological polar surface area (TPSA) is 126 Å². The van der Waals surface area contributed by atoms with Gasteiger partial charge in [0.1, 0.15) is 0 Å². The van der Waals surface area contributed by atoms with Crippen LogP contribution in [0.5, 0.6) is 0 Å². The van der Waals surface area contributed by atoms with E-state index in [-0.39, 0.29) is 23.8 Å². The van der Waals surface area contributed by atoms with Gasteiger partial charge in [0.15, 0.2) is 5.96 Å². The fourth-order valence-corrected chi connectivity index (χ4v) is 4.93. The molecule has 0 spiro atoms. The summed E-state index contributed by atoms with van der Waals surface area (Å²) in [5.41, 5.74) is 12.9. The highest BCUT2D eigenvalue weighted by atomic mass is 16.2. The summed E-state index contributed by atoms with van der Waals surface area (Å²) in [4.78, 5) is 30.9. The summed E-state index contributed by atoms with van der Waals surface area (Å²) in [5.74, 6) is 0.960. The Labute approximate surface area is 227 Å². The molecule has 6 N–H and O–H groups in total. The average molecular weight is 521 g/mol. The molecule has 0 bridgehead atoms. The minimum absolute atomic E-state index is 0.0731. The lowest BCUT2D eigenvalue weighted by Gasteiger charge is -2.28. The Morgan fingerprint density at radius 3 is 2.32 bits per heavy atom. The van der Waals surface area contributed by atoms with Crippen LogP contribution < -0.4 is 22.1 Å². The van der Waals surface area contributed by atoms with Crippen LogP contribution in [0.3, 0.4) is 0 Å². The number of nitrogens with zero attached hydrogens (tertiary/aromatic N) is 2. The van der Waals surface area contributed by atoms with E-state index in [2.05, 4.69) is 27.8 Å². The Kier molecular flexibility index (Phi) is 12.1. The van der Waals surface area contributed by atoms with E-state index in [0.29, 0.717) is 24.6 Å². The number of hydrogen-bond donors (Lipinski definition) is 4. The third-order valence-electron chi connectivity index (χ3n) is 7.13. The summed E-state index contributed by atoms with van der Waals surface area (Å²) >= 11 is 0. The summed E-state index contributed by atoms with van der Waals surface area (Å²) in [6.45, 7) is 5.32. The van der Waals surface area contributed by atoms with Gasteiger partial charge in [-0.15, -0.1) is 0 Å². The number of nitrogens with one attached hydrogen (secondary N) is 2. The molecular formula is C30H44N6O2. The van der Waals surface area contributed by atoms with Crippen molar-refractivity contribution in [3.63, 3.8) is 0 Å². The number of benzene rings is 2. The molecule has 0 aromatic heterocycles. The first kappa shape index (κ1) is 29.2. The molecule has 2 aromatic rings. The predicted molar refractivity (Wildman–Crippen MR) is 155 cm³/mol. The van der Waals surface area contributed by atoms with Crippen LogP contribution >= 0.6 is 0 Å². The lowest BCUT2D eigenvalue weighted by atomic mass is 9.89. The fraction of sp³-hybridized carbons (Fsp3) is 0.500. The first-order chi connectivity index (χ1) is 18.5. The minimum Gasteiger partial charge on any atom is -0.370 e. The van der Waals surface area contributed by atoms with Crippen molar-refractivity contribution in [3.05, 3.63) is 60.2 Å². The summed E-state index contributed by atoms with van der Waals surface area (Å²) < 4.78 is 0. The van der Waals surface area contributed by atoms with Crippen molar-refractivity contribution in [1.82, 2.24) is 15.5 Å². The molecule has 4 rings (SSSR count). The van der Waals surface area contributed by atoms with E-state index in [0.717, 1.165) is 43.6 Å². The first-order valence-electron chi connectivity index (χ1n) is 14.0. The number of guanidine groups is 1. The monoisotopic (exact) mass is 520 g/mol. The number of amides is 2. The molecule has 8 nitrogen and oxygen atoms in total. The molecule has 1 aliphatic heterocycles.